The lowest BCUT2D eigenvalue weighted by molar-refractivity contribution is -0.389. The molecule has 0 spiro atoms. The molecule has 0 bridgehead atoms. The number of amides is 1. The highest BCUT2D eigenvalue weighted by Gasteiger charge is 2.20. The van der Waals surface area contributed by atoms with Gasteiger partial charge in [0.2, 0.25) is 5.91 Å². The minimum absolute atomic E-state index is 0.110. The second-order valence-electron chi connectivity index (χ2n) is 4.00. The molecule has 100 valence electrons. The number of rotatable bonds is 6. The Bertz CT molecular complexity index is 446. The zero-order valence-corrected chi connectivity index (χ0v) is 11.2. The second-order valence-corrected chi connectivity index (χ2v) is 4.45. The first-order valence-corrected chi connectivity index (χ1v) is 6.16. The molecule has 18 heavy (non-hydrogen) atoms. The molecule has 0 aromatic carbocycles. The van der Waals surface area contributed by atoms with Crippen molar-refractivity contribution >= 4 is 24.4 Å². The van der Waals surface area contributed by atoms with Crippen LogP contribution in [-0.2, 0) is 11.3 Å². The minimum Gasteiger partial charge on any atom is -0.358 e. The highest BCUT2D eigenvalue weighted by molar-refractivity contribution is 7.80. The number of hydrogen-bond donors (Lipinski definition) is 2. The van der Waals surface area contributed by atoms with Crippen LogP contribution in [0.2, 0.25) is 0 Å². The van der Waals surface area contributed by atoms with Crippen LogP contribution in [0, 0.1) is 23.0 Å². The SMILES string of the molecule is Cc1cc([N+](=O)[O-])nn1CC(C)C(=O)NCCS. The van der Waals surface area contributed by atoms with Gasteiger partial charge in [0.05, 0.1) is 29.3 Å². The van der Waals surface area contributed by atoms with Crippen molar-refractivity contribution in [2.24, 2.45) is 5.92 Å². The van der Waals surface area contributed by atoms with Crippen molar-refractivity contribution in [3.8, 4) is 0 Å². The molecule has 1 amide bonds. The van der Waals surface area contributed by atoms with Gasteiger partial charge in [-0.3, -0.25) is 4.79 Å². The fraction of sp³-hybridized carbons (Fsp3) is 0.600. The molecule has 0 fully saturated rings. The summed E-state index contributed by atoms with van der Waals surface area (Å²) in [6.45, 7) is 4.29. The average molecular weight is 272 g/mol. The quantitative estimate of drug-likeness (QED) is 0.455. The number of nitrogens with zero attached hydrogens (tertiary/aromatic N) is 3. The van der Waals surface area contributed by atoms with E-state index in [1.54, 1.807) is 13.8 Å². The van der Waals surface area contributed by atoms with Crippen LogP contribution in [0.1, 0.15) is 12.6 Å². The summed E-state index contributed by atoms with van der Waals surface area (Å²) < 4.78 is 1.48. The third-order valence-electron chi connectivity index (χ3n) is 2.46. The molecule has 1 N–H and O–H groups in total. The lowest BCUT2D eigenvalue weighted by Gasteiger charge is -2.10. The maximum absolute atomic E-state index is 11.6. The fourth-order valence-electron chi connectivity index (χ4n) is 1.46. The Kier molecular flexibility index (Phi) is 5.14. The molecule has 7 nitrogen and oxygen atoms in total. The van der Waals surface area contributed by atoms with Crippen LogP contribution < -0.4 is 5.32 Å². The van der Waals surface area contributed by atoms with E-state index in [2.05, 4.69) is 23.0 Å². The minimum atomic E-state index is -0.546. The molecule has 1 rings (SSSR count). The van der Waals surface area contributed by atoms with Gasteiger partial charge in [0.25, 0.3) is 0 Å². The molecular formula is C10H16N4O3S. The van der Waals surface area contributed by atoms with Crippen molar-refractivity contribution < 1.29 is 9.72 Å². The van der Waals surface area contributed by atoms with Crippen LogP contribution in [0.3, 0.4) is 0 Å². The average Bonchev–Trinajstić information content (AvgIpc) is 2.68. The van der Waals surface area contributed by atoms with E-state index in [1.165, 1.54) is 10.7 Å². The Morgan fingerprint density at radius 2 is 2.39 bits per heavy atom. The van der Waals surface area contributed by atoms with E-state index in [1.807, 2.05) is 0 Å². The van der Waals surface area contributed by atoms with Crippen molar-refractivity contribution in [1.29, 1.82) is 0 Å². The number of aromatic nitrogens is 2. The first-order chi connectivity index (χ1) is 8.45. The number of hydrogen-bond acceptors (Lipinski definition) is 5. The third-order valence-corrected chi connectivity index (χ3v) is 2.68. The Balaban J connectivity index is 2.66. The normalized spacial score (nSPS) is 12.2. The first-order valence-electron chi connectivity index (χ1n) is 5.53. The van der Waals surface area contributed by atoms with Gasteiger partial charge < -0.3 is 15.4 Å². The number of thiol groups is 1. The summed E-state index contributed by atoms with van der Waals surface area (Å²) in [6.07, 6.45) is 0. The Morgan fingerprint density at radius 3 is 2.89 bits per heavy atom. The summed E-state index contributed by atoms with van der Waals surface area (Å²) in [4.78, 5) is 21.7. The van der Waals surface area contributed by atoms with E-state index in [0.717, 1.165) is 0 Å². The Labute approximate surface area is 110 Å². The van der Waals surface area contributed by atoms with E-state index >= 15 is 0 Å². The zero-order valence-electron chi connectivity index (χ0n) is 10.3. The number of carbonyl (C=O) groups is 1. The summed E-state index contributed by atoms with van der Waals surface area (Å²) in [5.74, 6) is -0.0368. The second kappa shape index (κ2) is 6.39. The predicted octanol–water partition coefficient (Wildman–Crippen LogP) is 0.782. The topological polar surface area (TPSA) is 90.1 Å². The largest absolute Gasteiger partial charge is 0.390 e. The highest BCUT2D eigenvalue weighted by Crippen LogP contribution is 2.12. The van der Waals surface area contributed by atoms with E-state index < -0.39 is 4.92 Å². The standard InChI is InChI=1S/C10H16N4O3S/c1-7(10(15)11-3-4-18)6-13-8(2)5-9(12-13)14(16)17/h5,7,18H,3-4,6H2,1-2H3,(H,11,15). The molecule has 8 heteroatoms. The highest BCUT2D eigenvalue weighted by atomic mass is 32.1. The third kappa shape index (κ3) is 3.73. The lowest BCUT2D eigenvalue weighted by atomic mass is 10.1. The monoisotopic (exact) mass is 272 g/mol. The Hall–Kier alpha value is -1.57. The molecule has 0 aliphatic carbocycles. The summed E-state index contributed by atoms with van der Waals surface area (Å²) in [7, 11) is 0. The zero-order chi connectivity index (χ0) is 13.7. The molecule has 0 aliphatic heterocycles. The molecule has 1 heterocycles. The summed E-state index contributed by atoms with van der Waals surface area (Å²) >= 11 is 4.00. The summed E-state index contributed by atoms with van der Waals surface area (Å²) in [5, 5.41) is 17.1. The van der Waals surface area contributed by atoms with Crippen molar-refractivity contribution in [2.75, 3.05) is 12.3 Å². The van der Waals surface area contributed by atoms with Gasteiger partial charge >= 0.3 is 5.82 Å². The number of aryl methyl sites for hydroxylation is 1. The number of nitro groups is 1. The maximum Gasteiger partial charge on any atom is 0.390 e. The van der Waals surface area contributed by atoms with Crippen LogP contribution in [0.4, 0.5) is 5.82 Å². The van der Waals surface area contributed by atoms with Gasteiger partial charge in [-0.15, -0.1) is 0 Å². The van der Waals surface area contributed by atoms with E-state index in [4.69, 9.17) is 0 Å². The number of nitrogens with one attached hydrogen (secondary N) is 1. The van der Waals surface area contributed by atoms with E-state index in [0.29, 0.717) is 24.5 Å². The van der Waals surface area contributed by atoms with Crippen LogP contribution in [-0.4, -0.2) is 32.9 Å². The predicted molar refractivity (Wildman–Crippen MR) is 69.6 cm³/mol. The van der Waals surface area contributed by atoms with E-state index in [9.17, 15) is 14.9 Å². The molecule has 0 saturated heterocycles. The molecular weight excluding hydrogens is 256 g/mol. The maximum atomic E-state index is 11.6. The lowest BCUT2D eigenvalue weighted by Crippen LogP contribution is -2.33. The van der Waals surface area contributed by atoms with Gasteiger partial charge in [-0.1, -0.05) is 6.92 Å². The molecule has 1 aromatic heterocycles. The first kappa shape index (κ1) is 14.5. The van der Waals surface area contributed by atoms with Gasteiger partial charge in [-0.2, -0.15) is 17.3 Å². The van der Waals surface area contributed by atoms with Crippen molar-refractivity contribution in [1.82, 2.24) is 15.1 Å². The van der Waals surface area contributed by atoms with Crippen LogP contribution in [0.5, 0.6) is 0 Å². The smallest absolute Gasteiger partial charge is 0.358 e. The van der Waals surface area contributed by atoms with Gasteiger partial charge in [0, 0.05) is 12.3 Å². The van der Waals surface area contributed by atoms with Gasteiger partial charge in [0.1, 0.15) is 0 Å². The summed E-state index contributed by atoms with van der Waals surface area (Å²) in [5.41, 5.74) is 0.663. The number of carbonyl (C=O) groups excluding carboxylic acids is 1. The molecule has 0 aliphatic rings. The fourth-order valence-corrected chi connectivity index (χ4v) is 1.57. The molecule has 0 radical (unpaired) electrons. The van der Waals surface area contributed by atoms with Gasteiger partial charge in [0.15, 0.2) is 0 Å². The van der Waals surface area contributed by atoms with Crippen molar-refractivity contribution in [3.05, 3.63) is 21.9 Å². The molecule has 1 unspecified atom stereocenters. The van der Waals surface area contributed by atoms with Gasteiger partial charge in [-0.05, 0) is 11.8 Å². The van der Waals surface area contributed by atoms with Crippen LogP contribution in [0.25, 0.3) is 0 Å². The van der Waals surface area contributed by atoms with E-state index in [-0.39, 0.29) is 17.6 Å². The molecule has 1 aromatic rings. The summed E-state index contributed by atoms with van der Waals surface area (Å²) in [6, 6.07) is 1.39. The Morgan fingerprint density at radius 1 is 1.72 bits per heavy atom. The van der Waals surface area contributed by atoms with Crippen molar-refractivity contribution in [2.45, 2.75) is 20.4 Å². The van der Waals surface area contributed by atoms with Crippen LogP contribution >= 0.6 is 12.6 Å². The molecule has 0 saturated carbocycles. The molecule has 1 atom stereocenters. The van der Waals surface area contributed by atoms with Crippen LogP contribution in [0.15, 0.2) is 6.07 Å². The van der Waals surface area contributed by atoms with Crippen molar-refractivity contribution in [3.63, 3.8) is 0 Å². The van der Waals surface area contributed by atoms with Gasteiger partial charge in [-0.25, -0.2) is 0 Å².